The Morgan fingerprint density at radius 2 is 2.25 bits per heavy atom. The van der Waals surface area contributed by atoms with Crippen LogP contribution in [0.15, 0.2) is 23.3 Å². The third-order valence-electron chi connectivity index (χ3n) is 1.88. The molecule has 0 aliphatic heterocycles. The number of hydrogen-bond donors (Lipinski definition) is 1. The van der Waals surface area contributed by atoms with E-state index in [2.05, 4.69) is 4.98 Å². The average molecular weight is 168 g/mol. The van der Waals surface area contributed by atoms with Crippen molar-refractivity contribution in [3.8, 4) is 0 Å². The van der Waals surface area contributed by atoms with Crippen molar-refractivity contribution in [3.05, 3.63) is 28.9 Å². The van der Waals surface area contributed by atoms with Gasteiger partial charge >= 0.3 is 5.69 Å². The molecule has 0 aliphatic carbocycles. The summed E-state index contributed by atoms with van der Waals surface area (Å²) >= 11 is 0. The fourth-order valence-electron chi connectivity index (χ4n) is 0.911. The summed E-state index contributed by atoms with van der Waals surface area (Å²) in [6, 6.07) is 1.44. The number of aliphatic hydroxyl groups excluding tert-OH is 1. The van der Waals surface area contributed by atoms with Crippen LogP contribution in [-0.4, -0.2) is 20.8 Å². The van der Waals surface area contributed by atoms with E-state index in [1.165, 1.54) is 10.8 Å². The predicted octanol–water partition coefficient (Wildman–Crippen LogP) is 0.185. The smallest absolute Gasteiger partial charge is 0.347 e. The molecule has 66 valence electrons. The van der Waals surface area contributed by atoms with Gasteiger partial charge < -0.3 is 5.11 Å². The number of aromatic nitrogens is 2. The molecule has 2 unspecified atom stereocenters. The minimum absolute atomic E-state index is 0.230. The average Bonchev–Trinajstić information content (AvgIpc) is 2.04. The van der Waals surface area contributed by atoms with Crippen molar-refractivity contribution in [3.63, 3.8) is 0 Å². The van der Waals surface area contributed by atoms with Gasteiger partial charge in [0.2, 0.25) is 0 Å². The van der Waals surface area contributed by atoms with E-state index in [-0.39, 0.29) is 11.7 Å². The maximum atomic E-state index is 11.1. The number of nitrogens with zero attached hydrogens (tertiary/aromatic N) is 2. The lowest BCUT2D eigenvalue weighted by atomic mass is 10.2. The Morgan fingerprint density at radius 1 is 1.58 bits per heavy atom. The summed E-state index contributed by atoms with van der Waals surface area (Å²) in [5.41, 5.74) is -0.328. The molecule has 1 aromatic heterocycles. The summed E-state index contributed by atoms with van der Waals surface area (Å²) in [4.78, 5) is 14.7. The van der Waals surface area contributed by atoms with Gasteiger partial charge in [-0.3, -0.25) is 4.57 Å². The van der Waals surface area contributed by atoms with Gasteiger partial charge in [-0.25, -0.2) is 9.78 Å². The summed E-state index contributed by atoms with van der Waals surface area (Å²) in [7, 11) is 0. The van der Waals surface area contributed by atoms with Crippen LogP contribution in [0.3, 0.4) is 0 Å². The van der Waals surface area contributed by atoms with Crippen molar-refractivity contribution in [2.45, 2.75) is 26.0 Å². The lowest BCUT2D eigenvalue weighted by Crippen LogP contribution is -2.29. The van der Waals surface area contributed by atoms with Crippen LogP contribution in [0.25, 0.3) is 0 Å². The van der Waals surface area contributed by atoms with Crippen LogP contribution in [0.5, 0.6) is 0 Å². The van der Waals surface area contributed by atoms with E-state index < -0.39 is 6.10 Å². The topological polar surface area (TPSA) is 55.1 Å². The van der Waals surface area contributed by atoms with Gasteiger partial charge in [0.05, 0.1) is 12.1 Å². The Hall–Kier alpha value is -1.16. The highest BCUT2D eigenvalue weighted by Crippen LogP contribution is 2.05. The Bertz CT molecular complexity index is 306. The predicted molar refractivity (Wildman–Crippen MR) is 44.9 cm³/mol. The summed E-state index contributed by atoms with van der Waals surface area (Å²) in [6.45, 7) is 3.41. The molecule has 0 aromatic carbocycles. The van der Waals surface area contributed by atoms with Gasteiger partial charge in [-0.1, -0.05) is 0 Å². The normalized spacial score (nSPS) is 15.6. The molecule has 4 nitrogen and oxygen atoms in total. The molecule has 1 heterocycles. The fourth-order valence-corrected chi connectivity index (χ4v) is 0.911. The molecule has 2 atom stereocenters. The van der Waals surface area contributed by atoms with Crippen LogP contribution in [0, 0.1) is 0 Å². The van der Waals surface area contributed by atoms with Crippen LogP contribution in [0.1, 0.15) is 19.9 Å². The van der Waals surface area contributed by atoms with Crippen LogP contribution in [0.2, 0.25) is 0 Å². The number of aliphatic hydroxyl groups is 1. The minimum Gasteiger partial charge on any atom is -0.391 e. The molecule has 1 rings (SSSR count). The second-order valence-corrected chi connectivity index (χ2v) is 2.79. The van der Waals surface area contributed by atoms with Gasteiger partial charge in [-0.2, -0.15) is 0 Å². The van der Waals surface area contributed by atoms with Gasteiger partial charge in [0.1, 0.15) is 0 Å². The third kappa shape index (κ3) is 1.71. The van der Waals surface area contributed by atoms with E-state index in [0.29, 0.717) is 0 Å². The van der Waals surface area contributed by atoms with Crippen molar-refractivity contribution < 1.29 is 5.11 Å². The molecule has 0 fully saturated rings. The Kier molecular flexibility index (Phi) is 2.60. The summed E-state index contributed by atoms with van der Waals surface area (Å²) < 4.78 is 1.41. The van der Waals surface area contributed by atoms with E-state index in [0.717, 1.165) is 0 Å². The highest BCUT2D eigenvalue weighted by Gasteiger charge is 2.11. The first-order valence-corrected chi connectivity index (χ1v) is 3.84. The van der Waals surface area contributed by atoms with Crippen molar-refractivity contribution in [1.82, 2.24) is 9.55 Å². The summed E-state index contributed by atoms with van der Waals surface area (Å²) in [5, 5.41) is 9.21. The van der Waals surface area contributed by atoms with Crippen LogP contribution in [-0.2, 0) is 0 Å². The van der Waals surface area contributed by atoms with Gasteiger partial charge in [0.15, 0.2) is 0 Å². The first-order valence-electron chi connectivity index (χ1n) is 3.84. The summed E-state index contributed by atoms with van der Waals surface area (Å²) in [5.74, 6) is 0. The van der Waals surface area contributed by atoms with Gasteiger partial charge in [-0.15, -0.1) is 0 Å². The molecule has 0 saturated carbocycles. The van der Waals surface area contributed by atoms with E-state index in [9.17, 15) is 9.90 Å². The third-order valence-corrected chi connectivity index (χ3v) is 1.88. The molecule has 0 bridgehead atoms. The fraction of sp³-hybridized carbons (Fsp3) is 0.500. The minimum atomic E-state index is -0.549. The lowest BCUT2D eigenvalue weighted by Gasteiger charge is -2.16. The van der Waals surface area contributed by atoms with Crippen molar-refractivity contribution in [2.75, 3.05) is 0 Å². The van der Waals surface area contributed by atoms with Gasteiger partial charge in [-0.05, 0) is 19.9 Å². The Labute approximate surface area is 70.5 Å². The second-order valence-electron chi connectivity index (χ2n) is 2.79. The zero-order chi connectivity index (χ0) is 9.14. The first-order chi connectivity index (χ1) is 5.63. The molecule has 12 heavy (non-hydrogen) atoms. The van der Waals surface area contributed by atoms with Crippen molar-refractivity contribution in [1.29, 1.82) is 0 Å². The Balaban J connectivity index is 3.03. The highest BCUT2D eigenvalue weighted by molar-refractivity contribution is 4.84. The maximum absolute atomic E-state index is 11.1. The SMILES string of the molecule is CC(O)C(C)n1cccnc1=O. The lowest BCUT2D eigenvalue weighted by molar-refractivity contribution is 0.136. The highest BCUT2D eigenvalue weighted by atomic mass is 16.3. The summed E-state index contributed by atoms with van der Waals surface area (Å²) in [6.07, 6.45) is 2.51. The molecular weight excluding hydrogens is 156 g/mol. The Morgan fingerprint density at radius 3 is 2.75 bits per heavy atom. The zero-order valence-electron chi connectivity index (χ0n) is 7.14. The molecule has 0 amide bonds. The first kappa shape index (κ1) is 8.93. The van der Waals surface area contributed by atoms with E-state index in [1.807, 2.05) is 0 Å². The van der Waals surface area contributed by atoms with E-state index in [1.54, 1.807) is 26.1 Å². The van der Waals surface area contributed by atoms with Crippen LogP contribution in [0.4, 0.5) is 0 Å². The zero-order valence-corrected chi connectivity index (χ0v) is 7.14. The largest absolute Gasteiger partial charge is 0.391 e. The van der Waals surface area contributed by atoms with E-state index >= 15 is 0 Å². The standard InChI is InChI=1S/C8H12N2O2/c1-6(7(2)11)10-5-3-4-9-8(10)12/h3-7,11H,1-2H3. The molecule has 0 saturated heterocycles. The second kappa shape index (κ2) is 3.49. The van der Waals surface area contributed by atoms with Crippen LogP contribution >= 0.6 is 0 Å². The van der Waals surface area contributed by atoms with Crippen LogP contribution < -0.4 is 5.69 Å². The monoisotopic (exact) mass is 168 g/mol. The molecule has 1 aromatic rings. The maximum Gasteiger partial charge on any atom is 0.347 e. The van der Waals surface area contributed by atoms with Gasteiger partial charge in [0.25, 0.3) is 0 Å². The molecule has 0 spiro atoms. The molecule has 0 radical (unpaired) electrons. The van der Waals surface area contributed by atoms with E-state index in [4.69, 9.17) is 0 Å². The van der Waals surface area contributed by atoms with Crippen molar-refractivity contribution >= 4 is 0 Å². The number of hydrogen-bond acceptors (Lipinski definition) is 3. The van der Waals surface area contributed by atoms with Crippen molar-refractivity contribution in [2.24, 2.45) is 0 Å². The quantitative estimate of drug-likeness (QED) is 0.685. The molecule has 1 N–H and O–H groups in total. The molecule has 4 heteroatoms. The number of rotatable bonds is 2. The molecule has 0 aliphatic rings. The molecular formula is C8H12N2O2. The van der Waals surface area contributed by atoms with Gasteiger partial charge in [0, 0.05) is 12.4 Å².